The first kappa shape index (κ1) is 23.8. The first-order chi connectivity index (χ1) is 16.1. The monoisotopic (exact) mass is 506 g/mol. The molecular formula is C22H20F2N4O4S2. The van der Waals surface area contributed by atoms with Crippen LogP contribution in [0.25, 0.3) is 11.1 Å². The van der Waals surface area contributed by atoms with E-state index in [0.29, 0.717) is 30.8 Å². The highest BCUT2D eigenvalue weighted by atomic mass is 32.2. The molecule has 0 saturated carbocycles. The molecule has 2 aromatic carbocycles. The van der Waals surface area contributed by atoms with E-state index in [0.717, 1.165) is 36.5 Å². The molecule has 8 nitrogen and oxygen atoms in total. The van der Waals surface area contributed by atoms with Crippen LogP contribution < -0.4 is 14.5 Å². The minimum atomic E-state index is -4.08. The molecule has 3 amide bonds. The number of carbonyl (C=O) groups is 2. The number of amides is 3. The third-order valence-corrected chi connectivity index (χ3v) is 8.36. The lowest BCUT2D eigenvalue weighted by Gasteiger charge is -2.34. The van der Waals surface area contributed by atoms with Gasteiger partial charge in [-0.15, -0.1) is 0 Å². The molecule has 0 unspecified atom stereocenters. The quantitative estimate of drug-likeness (QED) is 0.563. The zero-order valence-corrected chi connectivity index (χ0v) is 19.8. The zero-order valence-electron chi connectivity index (χ0n) is 18.2. The van der Waals surface area contributed by atoms with Crippen molar-refractivity contribution in [2.24, 2.45) is 0 Å². The van der Waals surface area contributed by atoms with Crippen LogP contribution in [0.4, 0.5) is 24.4 Å². The Hall–Kier alpha value is -3.38. The molecule has 12 heteroatoms. The van der Waals surface area contributed by atoms with E-state index in [4.69, 9.17) is 0 Å². The van der Waals surface area contributed by atoms with Crippen LogP contribution in [0.15, 0.2) is 46.7 Å². The zero-order chi connectivity index (χ0) is 24.6. The van der Waals surface area contributed by atoms with Gasteiger partial charge in [0.25, 0.3) is 10.0 Å². The fraction of sp³-hybridized carbons (Fsp3) is 0.227. The average Bonchev–Trinajstić information content (AvgIpc) is 3.17. The van der Waals surface area contributed by atoms with Gasteiger partial charge in [0.1, 0.15) is 11.6 Å². The molecule has 0 atom stereocenters. The maximum Gasteiger partial charge on any atom is 0.330 e. The summed E-state index contributed by atoms with van der Waals surface area (Å²) in [7, 11) is -4.08. The van der Waals surface area contributed by atoms with Crippen LogP contribution in [0.1, 0.15) is 19.0 Å². The summed E-state index contributed by atoms with van der Waals surface area (Å²) in [4.78, 5) is 31.6. The van der Waals surface area contributed by atoms with E-state index in [2.05, 4.69) is 4.98 Å². The fourth-order valence-electron chi connectivity index (χ4n) is 3.65. The maximum absolute atomic E-state index is 14.1. The van der Waals surface area contributed by atoms with Crippen LogP contribution in [0.2, 0.25) is 0 Å². The number of nitrogens with zero attached hydrogens (tertiary/aromatic N) is 3. The van der Waals surface area contributed by atoms with Crippen LogP contribution in [-0.4, -0.2) is 38.4 Å². The summed E-state index contributed by atoms with van der Waals surface area (Å²) >= 11 is 0.806. The van der Waals surface area contributed by atoms with Crippen LogP contribution in [-0.2, 0) is 14.8 Å². The molecule has 1 aliphatic heterocycles. The van der Waals surface area contributed by atoms with E-state index in [-0.39, 0.29) is 20.6 Å². The van der Waals surface area contributed by atoms with Gasteiger partial charge in [0.2, 0.25) is 5.91 Å². The Morgan fingerprint density at radius 1 is 1.09 bits per heavy atom. The largest absolute Gasteiger partial charge is 0.330 e. The Morgan fingerprint density at radius 3 is 2.44 bits per heavy atom. The number of benzene rings is 2. The summed E-state index contributed by atoms with van der Waals surface area (Å²) in [5.74, 6) is -1.84. The maximum atomic E-state index is 14.1. The van der Waals surface area contributed by atoms with Crippen LogP contribution in [0, 0.1) is 18.6 Å². The molecule has 0 radical (unpaired) electrons. The Balaban J connectivity index is 1.59. The van der Waals surface area contributed by atoms with E-state index in [1.807, 2.05) is 4.72 Å². The normalized spacial score (nSPS) is 14.4. The van der Waals surface area contributed by atoms with E-state index in [9.17, 15) is 26.8 Å². The van der Waals surface area contributed by atoms with Crippen molar-refractivity contribution in [2.75, 3.05) is 22.9 Å². The van der Waals surface area contributed by atoms with Crippen molar-refractivity contribution in [1.82, 2.24) is 9.71 Å². The number of aryl methyl sites for hydroxylation is 1. The van der Waals surface area contributed by atoms with Gasteiger partial charge >= 0.3 is 6.03 Å². The average molecular weight is 507 g/mol. The van der Waals surface area contributed by atoms with E-state index in [1.54, 1.807) is 24.3 Å². The summed E-state index contributed by atoms with van der Waals surface area (Å²) in [6.07, 6.45) is 0.596. The molecule has 0 aliphatic carbocycles. The van der Waals surface area contributed by atoms with Gasteiger partial charge in [-0.2, -0.15) is 0 Å². The van der Waals surface area contributed by atoms with Crippen molar-refractivity contribution in [2.45, 2.75) is 24.5 Å². The van der Waals surface area contributed by atoms with Gasteiger partial charge < -0.3 is 0 Å². The number of hydrogen-bond acceptors (Lipinski definition) is 6. The molecule has 1 fully saturated rings. The van der Waals surface area contributed by atoms with Gasteiger partial charge in [-0.1, -0.05) is 23.5 Å². The molecule has 1 saturated heterocycles. The van der Waals surface area contributed by atoms with Crippen molar-refractivity contribution >= 4 is 44.1 Å². The van der Waals surface area contributed by atoms with E-state index >= 15 is 0 Å². The number of hydrogen-bond donors (Lipinski definition) is 1. The van der Waals surface area contributed by atoms with Crippen LogP contribution in [0.5, 0.6) is 0 Å². The molecule has 1 aliphatic rings. The van der Waals surface area contributed by atoms with Gasteiger partial charge in [0, 0.05) is 31.3 Å². The number of anilines is 2. The van der Waals surface area contributed by atoms with Gasteiger partial charge in [-0.3, -0.25) is 14.6 Å². The molecule has 1 N–H and O–H groups in total. The third-order valence-electron chi connectivity index (χ3n) is 5.14. The molecule has 0 bridgehead atoms. The molecule has 34 heavy (non-hydrogen) atoms. The van der Waals surface area contributed by atoms with Crippen molar-refractivity contribution in [3.8, 4) is 11.1 Å². The third kappa shape index (κ3) is 4.64. The first-order valence-electron chi connectivity index (χ1n) is 10.2. The van der Waals surface area contributed by atoms with Gasteiger partial charge in [0.05, 0.1) is 5.69 Å². The Morgan fingerprint density at radius 2 is 1.76 bits per heavy atom. The van der Waals surface area contributed by atoms with E-state index < -0.39 is 33.6 Å². The number of halogens is 2. The molecule has 1 aromatic heterocycles. The molecule has 0 spiro atoms. The molecule has 4 rings (SSSR count). The van der Waals surface area contributed by atoms with Crippen molar-refractivity contribution in [1.29, 1.82) is 0 Å². The van der Waals surface area contributed by atoms with Crippen molar-refractivity contribution < 1.29 is 26.8 Å². The Bertz CT molecular complexity index is 1370. The Labute approximate surface area is 198 Å². The molecular weight excluding hydrogens is 486 g/mol. The summed E-state index contributed by atoms with van der Waals surface area (Å²) in [6, 6.07) is 9.29. The summed E-state index contributed by atoms with van der Waals surface area (Å²) in [6.45, 7) is 3.35. The van der Waals surface area contributed by atoms with Gasteiger partial charge in [0.15, 0.2) is 9.34 Å². The second-order valence-electron chi connectivity index (χ2n) is 7.64. The second kappa shape index (κ2) is 9.11. The summed E-state index contributed by atoms with van der Waals surface area (Å²) in [5, 5.41) is 0.203. The lowest BCUT2D eigenvalue weighted by molar-refractivity contribution is -0.117. The number of aromatic nitrogens is 1. The number of rotatable bonds is 5. The number of nitrogens with one attached hydrogen (secondary N) is 1. The lowest BCUT2D eigenvalue weighted by atomic mass is 10.0. The SMILES string of the molecule is CC(=O)NS(=O)(=O)c1sc(N2CCCN(c3ccc(-c4cc(F)ccc4F)cc3)C2=O)nc1C. The minimum Gasteiger partial charge on any atom is -0.294 e. The second-order valence-corrected chi connectivity index (χ2v) is 10.5. The Kier molecular flexibility index (Phi) is 6.36. The molecule has 2 heterocycles. The predicted molar refractivity (Wildman–Crippen MR) is 124 cm³/mol. The summed E-state index contributed by atoms with van der Waals surface area (Å²) < 4.78 is 54.2. The number of urea groups is 1. The highest BCUT2D eigenvalue weighted by Gasteiger charge is 2.32. The number of thiazole rings is 1. The van der Waals surface area contributed by atoms with Gasteiger partial charge in [-0.05, 0) is 49.2 Å². The van der Waals surface area contributed by atoms with Crippen LogP contribution in [0.3, 0.4) is 0 Å². The number of sulfonamides is 1. The summed E-state index contributed by atoms with van der Waals surface area (Å²) in [5.41, 5.74) is 1.31. The van der Waals surface area contributed by atoms with Gasteiger partial charge in [-0.25, -0.2) is 31.7 Å². The van der Waals surface area contributed by atoms with Crippen LogP contribution >= 0.6 is 11.3 Å². The minimum absolute atomic E-state index is 0.115. The predicted octanol–water partition coefficient (Wildman–Crippen LogP) is 4.06. The first-order valence-corrected chi connectivity index (χ1v) is 12.5. The highest BCUT2D eigenvalue weighted by Crippen LogP contribution is 2.33. The molecule has 178 valence electrons. The van der Waals surface area contributed by atoms with Crippen molar-refractivity contribution in [3.05, 3.63) is 59.8 Å². The standard InChI is InChI=1S/C22H20F2N4O4S2/c1-13-20(34(31,32)26-14(2)29)33-21(25-13)28-11-3-10-27(22(28)30)17-7-4-15(5-8-17)18-12-16(23)6-9-19(18)24/h4-9,12H,3,10-11H2,1-2H3,(H,26,29). The van der Waals surface area contributed by atoms with E-state index in [1.165, 1.54) is 16.7 Å². The number of carbonyl (C=O) groups excluding carboxylic acids is 2. The highest BCUT2D eigenvalue weighted by molar-refractivity contribution is 7.92. The topological polar surface area (TPSA) is 99.7 Å². The smallest absolute Gasteiger partial charge is 0.294 e. The molecule has 3 aromatic rings. The van der Waals surface area contributed by atoms with Crippen molar-refractivity contribution in [3.63, 3.8) is 0 Å². The fourth-order valence-corrected chi connectivity index (χ4v) is 6.16. The lowest BCUT2D eigenvalue weighted by Crippen LogP contribution is -2.49.